The Bertz CT molecular complexity index is 488. The van der Waals surface area contributed by atoms with Gasteiger partial charge in [-0.2, -0.15) is 0 Å². The molecule has 0 aliphatic heterocycles. The number of nitro groups is 1. The largest absolute Gasteiger partial charge is 0.477 e. The number of aromatic nitrogens is 1. The number of carbonyl (C=O) groups is 1. The van der Waals surface area contributed by atoms with Crippen LogP contribution in [0.15, 0.2) is 12.1 Å². The number of anilines is 1. The predicted octanol–water partition coefficient (Wildman–Crippen LogP) is 2.17. The van der Waals surface area contributed by atoms with Gasteiger partial charge >= 0.3 is 11.7 Å². The highest BCUT2D eigenvalue weighted by Gasteiger charge is 2.23. The van der Waals surface area contributed by atoms with Crippen molar-refractivity contribution in [2.45, 2.75) is 20.8 Å². The average Bonchev–Trinajstić information content (AvgIpc) is 2.34. The molecule has 0 unspecified atom stereocenters. The van der Waals surface area contributed by atoms with Crippen LogP contribution >= 0.6 is 0 Å². The lowest BCUT2D eigenvalue weighted by Gasteiger charge is -2.23. The number of pyridine rings is 1. The van der Waals surface area contributed by atoms with Crippen molar-refractivity contribution in [2.75, 3.05) is 18.0 Å². The van der Waals surface area contributed by atoms with E-state index in [2.05, 4.69) is 4.98 Å². The number of rotatable bonds is 6. The van der Waals surface area contributed by atoms with Crippen LogP contribution in [0.5, 0.6) is 0 Å². The van der Waals surface area contributed by atoms with E-state index in [0.717, 1.165) is 6.07 Å². The summed E-state index contributed by atoms with van der Waals surface area (Å²) in [6.45, 7) is 6.91. The third-order valence-electron chi connectivity index (χ3n) is 2.54. The van der Waals surface area contributed by atoms with E-state index in [4.69, 9.17) is 5.11 Å². The standard InChI is InChI=1S/C12H17N3O4/c1-4-14(7-8(2)3)11-10(15(18)19)6-5-9(13-11)12(16)17/h5-6,8H,4,7H2,1-3H3,(H,16,17). The molecule has 0 aliphatic carbocycles. The van der Waals surface area contributed by atoms with Crippen molar-refractivity contribution >= 4 is 17.5 Å². The molecule has 0 saturated heterocycles. The molecule has 1 aromatic rings. The van der Waals surface area contributed by atoms with Gasteiger partial charge in [0.2, 0.25) is 5.82 Å². The van der Waals surface area contributed by atoms with Crippen LogP contribution in [0.3, 0.4) is 0 Å². The molecule has 0 fully saturated rings. The lowest BCUT2D eigenvalue weighted by molar-refractivity contribution is -0.384. The second-order valence-corrected chi connectivity index (χ2v) is 4.53. The zero-order chi connectivity index (χ0) is 14.6. The normalized spacial score (nSPS) is 10.5. The van der Waals surface area contributed by atoms with E-state index in [9.17, 15) is 14.9 Å². The summed E-state index contributed by atoms with van der Waals surface area (Å²) in [6, 6.07) is 2.34. The second-order valence-electron chi connectivity index (χ2n) is 4.53. The van der Waals surface area contributed by atoms with Crippen LogP contribution in [0.25, 0.3) is 0 Å². The molecule has 0 spiro atoms. The van der Waals surface area contributed by atoms with Crippen molar-refractivity contribution in [1.82, 2.24) is 4.98 Å². The molecular formula is C12H17N3O4. The minimum atomic E-state index is -1.20. The Balaban J connectivity index is 3.29. The van der Waals surface area contributed by atoms with Crippen molar-refractivity contribution in [3.8, 4) is 0 Å². The lowest BCUT2D eigenvalue weighted by atomic mass is 10.2. The summed E-state index contributed by atoms with van der Waals surface area (Å²) in [4.78, 5) is 27.0. The van der Waals surface area contributed by atoms with Crippen LogP contribution in [0.4, 0.5) is 11.5 Å². The fourth-order valence-electron chi connectivity index (χ4n) is 1.74. The molecule has 0 amide bonds. The van der Waals surface area contributed by atoms with E-state index < -0.39 is 10.9 Å². The number of hydrogen-bond donors (Lipinski definition) is 1. The summed E-state index contributed by atoms with van der Waals surface area (Å²) in [7, 11) is 0. The molecule has 0 bridgehead atoms. The first-order chi connectivity index (χ1) is 8.86. The minimum absolute atomic E-state index is 0.112. The first-order valence-electron chi connectivity index (χ1n) is 6.00. The van der Waals surface area contributed by atoms with Gasteiger partial charge in [0.15, 0.2) is 5.69 Å². The van der Waals surface area contributed by atoms with Gasteiger partial charge in [-0.3, -0.25) is 10.1 Å². The topological polar surface area (TPSA) is 96.6 Å². The molecule has 0 aromatic carbocycles. The van der Waals surface area contributed by atoms with Gasteiger partial charge in [-0.05, 0) is 18.9 Å². The molecule has 7 heteroatoms. The third-order valence-corrected chi connectivity index (χ3v) is 2.54. The molecule has 0 saturated carbocycles. The molecule has 7 nitrogen and oxygen atoms in total. The average molecular weight is 267 g/mol. The molecule has 0 radical (unpaired) electrons. The third kappa shape index (κ3) is 3.64. The number of hydrogen-bond acceptors (Lipinski definition) is 5. The molecule has 0 aliphatic rings. The maximum atomic E-state index is 11.0. The number of carboxylic acids is 1. The summed E-state index contributed by atoms with van der Waals surface area (Å²) >= 11 is 0. The van der Waals surface area contributed by atoms with E-state index >= 15 is 0 Å². The Hall–Kier alpha value is -2.18. The Morgan fingerprint density at radius 2 is 2.16 bits per heavy atom. The van der Waals surface area contributed by atoms with E-state index in [1.54, 1.807) is 4.90 Å². The van der Waals surface area contributed by atoms with E-state index in [1.807, 2.05) is 20.8 Å². The molecule has 1 aromatic heterocycles. The van der Waals surface area contributed by atoms with E-state index in [1.165, 1.54) is 6.07 Å². The van der Waals surface area contributed by atoms with Gasteiger partial charge in [0.25, 0.3) is 0 Å². The van der Waals surface area contributed by atoms with Gasteiger partial charge < -0.3 is 10.0 Å². The summed E-state index contributed by atoms with van der Waals surface area (Å²) in [6.07, 6.45) is 0. The zero-order valence-electron chi connectivity index (χ0n) is 11.2. The number of carboxylic acid groups (broad SMARTS) is 1. The van der Waals surface area contributed by atoms with Gasteiger partial charge in [-0.1, -0.05) is 13.8 Å². The fraction of sp³-hybridized carbons (Fsp3) is 0.500. The smallest absolute Gasteiger partial charge is 0.354 e. The summed E-state index contributed by atoms with van der Waals surface area (Å²) < 4.78 is 0. The lowest BCUT2D eigenvalue weighted by Crippen LogP contribution is -2.29. The van der Waals surface area contributed by atoms with Crippen molar-refractivity contribution < 1.29 is 14.8 Å². The fourth-order valence-corrected chi connectivity index (χ4v) is 1.74. The molecule has 104 valence electrons. The highest BCUT2D eigenvalue weighted by atomic mass is 16.6. The monoisotopic (exact) mass is 267 g/mol. The van der Waals surface area contributed by atoms with Crippen molar-refractivity contribution in [3.63, 3.8) is 0 Å². The zero-order valence-corrected chi connectivity index (χ0v) is 11.2. The first-order valence-corrected chi connectivity index (χ1v) is 6.00. The van der Waals surface area contributed by atoms with Crippen LogP contribution in [0, 0.1) is 16.0 Å². The van der Waals surface area contributed by atoms with Crippen LogP contribution in [-0.4, -0.2) is 34.1 Å². The summed E-state index contributed by atoms with van der Waals surface area (Å²) in [5.41, 5.74) is -0.365. The molecule has 0 atom stereocenters. The Labute approximate surface area is 111 Å². The first kappa shape index (κ1) is 14.9. The van der Waals surface area contributed by atoms with Gasteiger partial charge in [0, 0.05) is 19.2 Å². The summed E-state index contributed by atoms with van der Waals surface area (Å²) in [5, 5.41) is 19.9. The summed E-state index contributed by atoms with van der Waals surface area (Å²) in [5.74, 6) is -0.798. The van der Waals surface area contributed by atoms with Crippen LogP contribution < -0.4 is 4.90 Å². The molecule has 1 heterocycles. The molecule has 19 heavy (non-hydrogen) atoms. The van der Waals surface area contributed by atoms with Gasteiger partial charge in [0.05, 0.1) is 4.92 Å². The number of aromatic carboxylic acids is 1. The van der Waals surface area contributed by atoms with Gasteiger partial charge in [0.1, 0.15) is 0 Å². The van der Waals surface area contributed by atoms with Crippen LogP contribution in [0.1, 0.15) is 31.3 Å². The minimum Gasteiger partial charge on any atom is -0.477 e. The second kappa shape index (κ2) is 6.12. The van der Waals surface area contributed by atoms with E-state index in [-0.39, 0.29) is 23.1 Å². The SMILES string of the molecule is CCN(CC(C)C)c1nc(C(=O)O)ccc1[N+](=O)[O-]. The maximum absolute atomic E-state index is 11.0. The molecule has 1 rings (SSSR count). The highest BCUT2D eigenvalue weighted by Crippen LogP contribution is 2.26. The van der Waals surface area contributed by atoms with Crippen molar-refractivity contribution in [3.05, 3.63) is 27.9 Å². The Morgan fingerprint density at radius 3 is 2.58 bits per heavy atom. The molecular weight excluding hydrogens is 250 g/mol. The Kier molecular flexibility index (Phi) is 4.80. The van der Waals surface area contributed by atoms with Crippen LogP contribution in [-0.2, 0) is 0 Å². The van der Waals surface area contributed by atoms with Gasteiger partial charge in [-0.25, -0.2) is 9.78 Å². The van der Waals surface area contributed by atoms with Crippen LogP contribution in [0.2, 0.25) is 0 Å². The van der Waals surface area contributed by atoms with Crippen molar-refractivity contribution in [2.24, 2.45) is 5.92 Å². The predicted molar refractivity (Wildman–Crippen MR) is 70.6 cm³/mol. The van der Waals surface area contributed by atoms with Gasteiger partial charge in [-0.15, -0.1) is 0 Å². The number of nitrogens with zero attached hydrogens (tertiary/aromatic N) is 3. The quantitative estimate of drug-likeness (QED) is 0.626. The van der Waals surface area contributed by atoms with Crippen molar-refractivity contribution in [1.29, 1.82) is 0 Å². The maximum Gasteiger partial charge on any atom is 0.354 e. The molecule has 1 N–H and O–H groups in total. The van der Waals surface area contributed by atoms with E-state index in [0.29, 0.717) is 13.1 Å². The highest BCUT2D eigenvalue weighted by molar-refractivity contribution is 5.86. The Morgan fingerprint density at radius 1 is 1.53 bits per heavy atom.